The number of carbonyl (C=O) groups is 2. The van der Waals surface area contributed by atoms with Crippen LogP contribution in [0.25, 0.3) is 0 Å². The van der Waals surface area contributed by atoms with E-state index < -0.39 is 34.7 Å². The highest BCUT2D eigenvalue weighted by Gasteiger charge is 2.31. The molecule has 0 spiro atoms. The maximum absolute atomic E-state index is 12.5. The molecule has 14 heteroatoms. The number of urea groups is 1. The smallest absolute Gasteiger partial charge is 0.329 e. The van der Waals surface area contributed by atoms with Gasteiger partial charge in [0.05, 0.1) is 10.3 Å². The molecule has 0 unspecified atom stereocenters. The molecule has 0 radical (unpaired) electrons. The Morgan fingerprint density at radius 3 is 2.33 bits per heavy atom. The number of piperazine rings is 1. The fraction of sp³-hybridized carbons (Fsp3) is 0.538. The van der Waals surface area contributed by atoms with Crippen molar-refractivity contribution < 1.29 is 31.2 Å². The van der Waals surface area contributed by atoms with Crippen molar-refractivity contribution in [3.8, 4) is 0 Å². The van der Waals surface area contributed by atoms with Gasteiger partial charge in [-0.2, -0.15) is 17.5 Å². The zero-order valence-electron chi connectivity index (χ0n) is 13.8. The van der Waals surface area contributed by atoms with Crippen LogP contribution >= 0.6 is 27.3 Å². The highest BCUT2D eigenvalue weighted by molar-refractivity contribution is 9.11. The van der Waals surface area contributed by atoms with Gasteiger partial charge in [0.25, 0.3) is 10.0 Å². The zero-order chi connectivity index (χ0) is 20.2. The average molecular weight is 493 g/mol. The van der Waals surface area contributed by atoms with Crippen LogP contribution in [0.1, 0.15) is 0 Å². The summed E-state index contributed by atoms with van der Waals surface area (Å²) in [5.41, 5.74) is 0. The standard InChI is InChI=1S/C13H16BrF3N4O4S2/c14-9-1-2-11(26-9)27(24,25)21-5-3-20(4-6-21)7-10(22)19-12(23)18-8-13(15,16)17/h1-2H,3-8H2,(H2,18,19,22,23). The van der Waals surface area contributed by atoms with Crippen LogP contribution in [0, 0.1) is 0 Å². The minimum absolute atomic E-state index is 0.158. The second-order valence-corrected chi connectivity index (χ2v) is 10.2. The molecule has 27 heavy (non-hydrogen) atoms. The van der Waals surface area contributed by atoms with E-state index in [-0.39, 0.29) is 36.9 Å². The molecule has 1 aliphatic rings. The predicted octanol–water partition coefficient (Wildman–Crippen LogP) is 1.21. The molecule has 0 atom stereocenters. The summed E-state index contributed by atoms with van der Waals surface area (Å²) in [7, 11) is -3.61. The molecule has 1 aromatic rings. The largest absolute Gasteiger partial charge is 0.405 e. The van der Waals surface area contributed by atoms with E-state index in [2.05, 4.69) is 15.9 Å². The van der Waals surface area contributed by atoms with Crippen LogP contribution < -0.4 is 10.6 Å². The summed E-state index contributed by atoms with van der Waals surface area (Å²) < 4.78 is 63.2. The number of carbonyl (C=O) groups excluding carboxylic acids is 2. The molecule has 0 saturated carbocycles. The highest BCUT2D eigenvalue weighted by Crippen LogP contribution is 2.28. The first-order chi connectivity index (χ1) is 12.5. The number of nitrogens with zero attached hydrogens (tertiary/aromatic N) is 2. The third kappa shape index (κ3) is 6.71. The van der Waals surface area contributed by atoms with Crippen molar-refractivity contribution in [2.75, 3.05) is 39.3 Å². The molecule has 2 heterocycles. The second kappa shape index (κ2) is 8.86. The topological polar surface area (TPSA) is 98.8 Å². The maximum Gasteiger partial charge on any atom is 0.405 e. The van der Waals surface area contributed by atoms with Crippen molar-refractivity contribution >= 4 is 49.2 Å². The molecule has 2 rings (SSSR count). The van der Waals surface area contributed by atoms with Gasteiger partial charge in [-0.05, 0) is 28.1 Å². The molecule has 1 aliphatic heterocycles. The van der Waals surface area contributed by atoms with Crippen LogP contribution in [0.5, 0.6) is 0 Å². The first-order valence-electron chi connectivity index (χ1n) is 7.59. The van der Waals surface area contributed by atoms with Gasteiger partial charge in [0.15, 0.2) is 0 Å². The van der Waals surface area contributed by atoms with Crippen molar-refractivity contribution in [2.45, 2.75) is 10.4 Å². The molecular weight excluding hydrogens is 477 g/mol. The number of rotatable bonds is 5. The Morgan fingerprint density at radius 2 is 1.81 bits per heavy atom. The number of thiophene rings is 1. The lowest BCUT2D eigenvalue weighted by molar-refractivity contribution is -0.125. The molecule has 8 nitrogen and oxygen atoms in total. The van der Waals surface area contributed by atoms with Crippen LogP contribution in [0.4, 0.5) is 18.0 Å². The van der Waals surface area contributed by atoms with Crippen LogP contribution in [0.3, 0.4) is 0 Å². The van der Waals surface area contributed by atoms with Gasteiger partial charge < -0.3 is 5.32 Å². The Morgan fingerprint density at radius 1 is 1.19 bits per heavy atom. The number of imide groups is 1. The third-order valence-electron chi connectivity index (χ3n) is 3.54. The number of hydrogen-bond acceptors (Lipinski definition) is 6. The summed E-state index contributed by atoms with van der Waals surface area (Å²) in [6.07, 6.45) is -4.57. The van der Waals surface area contributed by atoms with E-state index in [4.69, 9.17) is 0 Å². The number of hydrogen-bond donors (Lipinski definition) is 2. The van der Waals surface area contributed by atoms with E-state index in [9.17, 15) is 31.2 Å². The maximum atomic E-state index is 12.5. The SMILES string of the molecule is O=C(CN1CCN(S(=O)(=O)c2ccc(Br)s2)CC1)NC(=O)NCC(F)(F)F. The molecule has 0 bridgehead atoms. The fourth-order valence-corrected chi connectivity index (χ4v) is 5.87. The summed E-state index contributed by atoms with van der Waals surface area (Å²) in [6.45, 7) is -0.942. The van der Waals surface area contributed by atoms with E-state index in [1.807, 2.05) is 0 Å². The van der Waals surface area contributed by atoms with E-state index >= 15 is 0 Å². The second-order valence-electron chi connectivity index (χ2n) is 5.58. The lowest BCUT2D eigenvalue weighted by Gasteiger charge is -2.33. The van der Waals surface area contributed by atoms with Crippen LogP contribution in [0.15, 0.2) is 20.1 Å². The molecule has 1 saturated heterocycles. The number of alkyl halides is 3. The van der Waals surface area contributed by atoms with Crippen molar-refractivity contribution in [3.63, 3.8) is 0 Å². The van der Waals surface area contributed by atoms with Gasteiger partial charge in [0, 0.05) is 26.2 Å². The van der Waals surface area contributed by atoms with Gasteiger partial charge in [0.2, 0.25) is 5.91 Å². The molecular formula is C13H16BrF3N4O4S2. The predicted molar refractivity (Wildman–Crippen MR) is 94.8 cm³/mol. The number of sulfonamides is 1. The van der Waals surface area contributed by atoms with Gasteiger partial charge in [-0.15, -0.1) is 11.3 Å². The molecule has 0 aliphatic carbocycles. The van der Waals surface area contributed by atoms with Crippen molar-refractivity contribution in [2.24, 2.45) is 0 Å². The molecule has 2 N–H and O–H groups in total. The Balaban J connectivity index is 1.79. The highest BCUT2D eigenvalue weighted by atomic mass is 79.9. The summed E-state index contributed by atoms with van der Waals surface area (Å²) in [4.78, 5) is 24.6. The van der Waals surface area contributed by atoms with E-state index in [1.165, 1.54) is 15.7 Å². The van der Waals surface area contributed by atoms with Gasteiger partial charge in [0.1, 0.15) is 10.8 Å². The monoisotopic (exact) mass is 492 g/mol. The van der Waals surface area contributed by atoms with Gasteiger partial charge in [-0.1, -0.05) is 0 Å². The minimum Gasteiger partial charge on any atom is -0.329 e. The van der Waals surface area contributed by atoms with Crippen LogP contribution in [0.2, 0.25) is 0 Å². The quantitative estimate of drug-likeness (QED) is 0.643. The third-order valence-corrected chi connectivity index (χ3v) is 7.53. The van der Waals surface area contributed by atoms with Crippen molar-refractivity contribution in [1.82, 2.24) is 19.8 Å². The van der Waals surface area contributed by atoms with Gasteiger partial charge in [-0.25, -0.2) is 13.2 Å². The fourth-order valence-electron chi connectivity index (χ4n) is 2.29. The molecule has 152 valence electrons. The average Bonchev–Trinajstić information content (AvgIpc) is 3.00. The zero-order valence-corrected chi connectivity index (χ0v) is 17.0. The lowest BCUT2D eigenvalue weighted by atomic mass is 10.3. The van der Waals surface area contributed by atoms with Crippen molar-refractivity contribution in [1.29, 1.82) is 0 Å². The summed E-state index contributed by atoms with van der Waals surface area (Å²) in [6, 6.07) is 1.91. The number of halogens is 4. The summed E-state index contributed by atoms with van der Waals surface area (Å²) in [5.74, 6) is -0.770. The van der Waals surface area contributed by atoms with Gasteiger partial charge in [-0.3, -0.25) is 15.0 Å². The van der Waals surface area contributed by atoms with E-state index in [0.717, 1.165) is 11.3 Å². The minimum atomic E-state index is -4.57. The Kier molecular flexibility index (Phi) is 7.24. The first kappa shape index (κ1) is 22.1. The summed E-state index contributed by atoms with van der Waals surface area (Å²) in [5, 5.41) is 3.34. The lowest BCUT2D eigenvalue weighted by Crippen LogP contribution is -2.52. The summed E-state index contributed by atoms with van der Waals surface area (Å²) >= 11 is 4.31. The van der Waals surface area contributed by atoms with E-state index in [1.54, 1.807) is 16.3 Å². The Bertz CT molecular complexity index is 792. The van der Waals surface area contributed by atoms with Gasteiger partial charge >= 0.3 is 12.2 Å². The number of nitrogens with one attached hydrogen (secondary N) is 2. The number of amides is 3. The normalized spacial score (nSPS) is 16.9. The van der Waals surface area contributed by atoms with E-state index in [0.29, 0.717) is 3.79 Å². The van der Waals surface area contributed by atoms with Crippen molar-refractivity contribution in [3.05, 3.63) is 15.9 Å². The first-order valence-corrected chi connectivity index (χ1v) is 10.6. The Hall–Kier alpha value is -1.22. The molecule has 1 fully saturated rings. The molecule has 3 amide bonds. The molecule has 0 aromatic carbocycles. The Labute approximate surface area is 165 Å². The van der Waals surface area contributed by atoms with Crippen LogP contribution in [-0.2, 0) is 14.8 Å². The van der Waals surface area contributed by atoms with Crippen LogP contribution in [-0.4, -0.2) is 75.0 Å². The molecule has 1 aromatic heterocycles.